The summed E-state index contributed by atoms with van der Waals surface area (Å²) in [4.78, 5) is 13.6. The maximum absolute atomic E-state index is 5.35. The van der Waals surface area contributed by atoms with Gasteiger partial charge in [0.15, 0.2) is 5.82 Å². The van der Waals surface area contributed by atoms with Crippen LogP contribution in [-0.2, 0) is 13.0 Å². The molecule has 118 valence electrons. The number of hydrogen-bond donors (Lipinski definition) is 0. The van der Waals surface area contributed by atoms with Crippen molar-refractivity contribution >= 4 is 5.82 Å². The van der Waals surface area contributed by atoms with E-state index in [-0.39, 0.29) is 0 Å². The smallest absolute Gasteiger partial charge is 0.240 e. The van der Waals surface area contributed by atoms with Crippen molar-refractivity contribution in [3.63, 3.8) is 0 Å². The average Bonchev–Trinajstić information content (AvgIpc) is 3.02. The second kappa shape index (κ2) is 7.35. The molecule has 3 heterocycles. The highest BCUT2D eigenvalue weighted by Gasteiger charge is 2.19. The molecule has 0 saturated carbocycles. The lowest BCUT2D eigenvalue weighted by atomic mass is 10.2. The van der Waals surface area contributed by atoms with Crippen molar-refractivity contribution in [2.75, 3.05) is 31.1 Å². The van der Waals surface area contributed by atoms with Crippen molar-refractivity contribution < 1.29 is 4.52 Å². The summed E-state index contributed by atoms with van der Waals surface area (Å²) in [5.41, 5.74) is 0. The minimum atomic E-state index is 0.734. The Kier molecular flexibility index (Phi) is 5.00. The lowest BCUT2D eigenvalue weighted by Gasteiger charge is -2.34. The Morgan fingerprint density at radius 1 is 1.18 bits per heavy atom. The Labute approximate surface area is 131 Å². The number of hydrogen-bond acceptors (Lipinski definition) is 6. The predicted octanol–water partition coefficient (Wildman–Crippen LogP) is 2.13. The first-order chi connectivity index (χ1) is 10.8. The summed E-state index contributed by atoms with van der Waals surface area (Å²) in [6, 6.07) is 6.05. The summed E-state index contributed by atoms with van der Waals surface area (Å²) < 4.78 is 5.35. The number of piperazine rings is 1. The maximum Gasteiger partial charge on any atom is 0.240 e. The maximum atomic E-state index is 5.35. The SMILES string of the molecule is CCCCc1noc(CN2CCN(c3ccccn3)CC2)n1. The molecular weight excluding hydrogens is 278 g/mol. The van der Waals surface area contributed by atoms with Crippen LogP contribution in [0.2, 0.25) is 0 Å². The molecule has 1 saturated heterocycles. The van der Waals surface area contributed by atoms with E-state index in [0.29, 0.717) is 0 Å². The third-order valence-corrected chi connectivity index (χ3v) is 3.97. The van der Waals surface area contributed by atoms with Crippen molar-refractivity contribution in [2.24, 2.45) is 0 Å². The number of aromatic nitrogens is 3. The van der Waals surface area contributed by atoms with Gasteiger partial charge in [-0.3, -0.25) is 4.90 Å². The van der Waals surface area contributed by atoms with Gasteiger partial charge in [0.25, 0.3) is 0 Å². The lowest BCUT2D eigenvalue weighted by molar-refractivity contribution is 0.215. The standard InChI is InChI=1S/C16H23N5O/c1-2-3-6-14-18-16(22-19-14)13-20-9-11-21(12-10-20)15-7-4-5-8-17-15/h4-5,7-8H,2-3,6,9-13H2,1H3. The third kappa shape index (κ3) is 3.82. The van der Waals surface area contributed by atoms with Crippen LogP contribution in [0.3, 0.4) is 0 Å². The second-order valence-corrected chi connectivity index (χ2v) is 5.66. The van der Waals surface area contributed by atoms with Crippen molar-refractivity contribution in [1.29, 1.82) is 0 Å². The minimum Gasteiger partial charge on any atom is -0.354 e. The molecule has 6 heteroatoms. The fraction of sp³-hybridized carbons (Fsp3) is 0.562. The van der Waals surface area contributed by atoms with Gasteiger partial charge in [0, 0.05) is 38.8 Å². The van der Waals surface area contributed by atoms with Crippen LogP contribution in [0.5, 0.6) is 0 Å². The fourth-order valence-corrected chi connectivity index (χ4v) is 2.66. The van der Waals surface area contributed by atoms with Crippen LogP contribution in [0.25, 0.3) is 0 Å². The van der Waals surface area contributed by atoms with E-state index in [1.807, 2.05) is 18.3 Å². The molecule has 2 aromatic rings. The zero-order valence-corrected chi connectivity index (χ0v) is 13.1. The molecule has 0 N–H and O–H groups in total. The summed E-state index contributed by atoms with van der Waals surface area (Å²) >= 11 is 0. The van der Waals surface area contributed by atoms with Crippen LogP contribution >= 0.6 is 0 Å². The highest BCUT2D eigenvalue weighted by Crippen LogP contribution is 2.14. The molecule has 0 unspecified atom stereocenters. The van der Waals surface area contributed by atoms with Crippen molar-refractivity contribution in [3.05, 3.63) is 36.1 Å². The number of nitrogens with zero attached hydrogens (tertiary/aromatic N) is 5. The number of aryl methyl sites for hydroxylation is 1. The molecule has 0 bridgehead atoms. The van der Waals surface area contributed by atoms with Crippen LogP contribution in [0.15, 0.2) is 28.9 Å². The lowest BCUT2D eigenvalue weighted by Crippen LogP contribution is -2.46. The number of anilines is 1. The van der Waals surface area contributed by atoms with Crippen molar-refractivity contribution in [3.8, 4) is 0 Å². The quantitative estimate of drug-likeness (QED) is 0.814. The van der Waals surface area contributed by atoms with E-state index < -0.39 is 0 Å². The van der Waals surface area contributed by atoms with Gasteiger partial charge in [0.1, 0.15) is 5.82 Å². The topological polar surface area (TPSA) is 58.3 Å². The van der Waals surface area contributed by atoms with Gasteiger partial charge in [-0.25, -0.2) is 4.98 Å². The molecular formula is C16H23N5O. The number of pyridine rings is 1. The molecule has 0 spiro atoms. The summed E-state index contributed by atoms with van der Waals surface area (Å²) in [6.07, 6.45) is 5.02. The van der Waals surface area contributed by atoms with E-state index in [1.165, 1.54) is 0 Å². The molecule has 1 fully saturated rings. The van der Waals surface area contributed by atoms with Gasteiger partial charge >= 0.3 is 0 Å². The Balaban J connectivity index is 1.48. The highest BCUT2D eigenvalue weighted by atomic mass is 16.5. The summed E-state index contributed by atoms with van der Waals surface area (Å²) in [5, 5.41) is 4.05. The first-order valence-electron chi connectivity index (χ1n) is 8.05. The molecule has 0 radical (unpaired) electrons. The molecule has 1 aliphatic rings. The fourth-order valence-electron chi connectivity index (χ4n) is 2.66. The Morgan fingerprint density at radius 2 is 2.05 bits per heavy atom. The largest absolute Gasteiger partial charge is 0.354 e. The summed E-state index contributed by atoms with van der Waals surface area (Å²) in [7, 11) is 0. The predicted molar refractivity (Wildman–Crippen MR) is 84.6 cm³/mol. The van der Waals surface area contributed by atoms with Crippen molar-refractivity contribution in [1.82, 2.24) is 20.0 Å². The molecule has 3 rings (SSSR count). The highest BCUT2D eigenvalue weighted by molar-refractivity contribution is 5.38. The second-order valence-electron chi connectivity index (χ2n) is 5.66. The number of rotatable bonds is 6. The summed E-state index contributed by atoms with van der Waals surface area (Å²) in [5.74, 6) is 2.63. The van der Waals surface area contributed by atoms with Crippen molar-refractivity contribution in [2.45, 2.75) is 32.7 Å². The summed E-state index contributed by atoms with van der Waals surface area (Å²) in [6.45, 7) is 6.85. The van der Waals surface area contributed by atoms with Crippen LogP contribution in [0, 0.1) is 0 Å². The Hall–Kier alpha value is -1.95. The zero-order valence-electron chi connectivity index (χ0n) is 13.1. The molecule has 0 aromatic carbocycles. The van der Waals surface area contributed by atoms with E-state index >= 15 is 0 Å². The van der Waals surface area contributed by atoms with E-state index in [1.54, 1.807) is 0 Å². The minimum absolute atomic E-state index is 0.734. The normalized spacial score (nSPS) is 16.1. The average molecular weight is 301 g/mol. The third-order valence-electron chi connectivity index (χ3n) is 3.97. The van der Waals surface area contributed by atoms with Crippen LogP contribution < -0.4 is 4.90 Å². The van der Waals surface area contributed by atoms with E-state index in [2.05, 4.69) is 37.9 Å². The Bertz CT molecular complexity index is 563. The molecule has 1 aliphatic heterocycles. The van der Waals surface area contributed by atoms with Gasteiger partial charge < -0.3 is 9.42 Å². The molecule has 2 aromatic heterocycles. The molecule has 22 heavy (non-hydrogen) atoms. The zero-order chi connectivity index (χ0) is 15.2. The first kappa shape index (κ1) is 15.0. The van der Waals surface area contributed by atoms with Gasteiger partial charge in [0.05, 0.1) is 6.54 Å². The molecule has 6 nitrogen and oxygen atoms in total. The molecule has 0 aliphatic carbocycles. The van der Waals surface area contributed by atoms with Crippen LogP contribution in [0.1, 0.15) is 31.5 Å². The van der Waals surface area contributed by atoms with E-state index in [4.69, 9.17) is 4.52 Å². The molecule has 0 atom stereocenters. The van der Waals surface area contributed by atoms with Crippen LogP contribution in [0.4, 0.5) is 5.82 Å². The Morgan fingerprint density at radius 3 is 2.77 bits per heavy atom. The van der Waals surface area contributed by atoms with Gasteiger partial charge in [-0.15, -0.1) is 0 Å². The number of unbranched alkanes of at least 4 members (excludes halogenated alkanes) is 1. The molecule has 0 amide bonds. The van der Waals surface area contributed by atoms with Gasteiger partial charge in [-0.2, -0.15) is 4.98 Å². The van der Waals surface area contributed by atoms with E-state index in [0.717, 1.165) is 69.5 Å². The monoisotopic (exact) mass is 301 g/mol. The van der Waals surface area contributed by atoms with E-state index in [9.17, 15) is 0 Å². The van der Waals surface area contributed by atoms with Gasteiger partial charge in [-0.05, 0) is 18.6 Å². The van der Waals surface area contributed by atoms with Gasteiger partial charge in [0.2, 0.25) is 5.89 Å². The van der Waals surface area contributed by atoms with Gasteiger partial charge in [-0.1, -0.05) is 24.6 Å². The first-order valence-corrected chi connectivity index (χ1v) is 8.05. The van der Waals surface area contributed by atoms with Crippen LogP contribution in [-0.4, -0.2) is 46.2 Å².